The van der Waals surface area contributed by atoms with E-state index in [-0.39, 0.29) is 11.5 Å². The van der Waals surface area contributed by atoms with Crippen molar-refractivity contribution >= 4 is 17.5 Å². The van der Waals surface area contributed by atoms with E-state index in [1.807, 2.05) is 24.3 Å². The third-order valence-corrected chi connectivity index (χ3v) is 6.06. The van der Waals surface area contributed by atoms with Crippen LogP contribution in [0.2, 0.25) is 5.02 Å². The van der Waals surface area contributed by atoms with Gasteiger partial charge in [-0.05, 0) is 43.5 Å². The average molecular weight is 422 g/mol. The van der Waals surface area contributed by atoms with Crippen molar-refractivity contribution in [2.45, 2.75) is 31.6 Å². The van der Waals surface area contributed by atoms with Crippen LogP contribution < -0.4 is 0 Å². The molecule has 2 aliphatic rings. The minimum atomic E-state index is -0.484. The molecular weight excluding hydrogens is 401 g/mol. The van der Waals surface area contributed by atoms with Crippen LogP contribution in [0.15, 0.2) is 48.5 Å². The molecule has 3 aromatic rings. The van der Waals surface area contributed by atoms with Gasteiger partial charge in [-0.1, -0.05) is 35.9 Å². The summed E-state index contributed by atoms with van der Waals surface area (Å²) in [4.78, 5) is 24.4. The lowest BCUT2D eigenvalue weighted by Crippen LogP contribution is -2.33. The monoisotopic (exact) mass is 421 g/mol. The van der Waals surface area contributed by atoms with Crippen LogP contribution in [0.4, 0.5) is 4.39 Å². The Kier molecular flexibility index (Phi) is 4.99. The van der Waals surface area contributed by atoms with Gasteiger partial charge in [0.1, 0.15) is 11.6 Å². The number of hydrogen-bond acceptors (Lipinski definition) is 3. The van der Waals surface area contributed by atoms with E-state index in [1.54, 1.807) is 23.1 Å². The number of hydrogen-bond donors (Lipinski definition) is 0. The van der Waals surface area contributed by atoms with E-state index >= 15 is 0 Å². The van der Waals surface area contributed by atoms with Crippen molar-refractivity contribution in [1.29, 1.82) is 0 Å². The van der Waals surface area contributed by atoms with Crippen molar-refractivity contribution in [3.8, 4) is 11.3 Å². The van der Waals surface area contributed by atoms with Gasteiger partial charge in [0.15, 0.2) is 0 Å². The molecule has 1 fully saturated rings. The summed E-state index contributed by atoms with van der Waals surface area (Å²) < 4.78 is 14.1. The summed E-state index contributed by atoms with van der Waals surface area (Å²) in [6.45, 7) is 1.02. The van der Waals surface area contributed by atoms with Gasteiger partial charge in [-0.2, -0.15) is 0 Å². The Morgan fingerprint density at radius 1 is 1.00 bits per heavy atom. The molecule has 6 heteroatoms. The van der Waals surface area contributed by atoms with Gasteiger partial charge in [0.25, 0.3) is 5.91 Å². The van der Waals surface area contributed by atoms with Gasteiger partial charge in [-0.15, -0.1) is 0 Å². The molecule has 0 radical (unpaired) electrons. The van der Waals surface area contributed by atoms with Crippen LogP contribution in [-0.2, 0) is 12.8 Å². The third kappa shape index (κ3) is 3.70. The minimum absolute atomic E-state index is 0.117. The smallest absolute Gasteiger partial charge is 0.256 e. The van der Waals surface area contributed by atoms with Gasteiger partial charge < -0.3 is 4.90 Å². The summed E-state index contributed by atoms with van der Waals surface area (Å²) in [6.07, 6.45) is 3.52. The Morgan fingerprint density at radius 2 is 1.73 bits per heavy atom. The van der Waals surface area contributed by atoms with Crippen LogP contribution >= 0.6 is 11.6 Å². The Labute approximate surface area is 179 Å². The zero-order valence-electron chi connectivity index (χ0n) is 16.4. The zero-order valence-corrected chi connectivity index (χ0v) is 17.2. The van der Waals surface area contributed by atoms with Crippen molar-refractivity contribution in [2.24, 2.45) is 0 Å². The van der Waals surface area contributed by atoms with Gasteiger partial charge in [-0.3, -0.25) is 4.79 Å². The molecule has 1 amide bonds. The van der Waals surface area contributed by atoms with Crippen LogP contribution in [-0.4, -0.2) is 33.9 Å². The number of amides is 1. The molecule has 1 saturated carbocycles. The van der Waals surface area contributed by atoms with Crippen LogP contribution in [0.25, 0.3) is 11.3 Å². The minimum Gasteiger partial charge on any atom is -0.338 e. The van der Waals surface area contributed by atoms with Gasteiger partial charge >= 0.3 is 0 Å². The largest absolute Gasteiger partial charge is 0.338 e. The molecule has 0 atom stereocenters. The average Bonchev–Trinajstić information content (AvgIpc) is 3.60. The van der Waals surface area contributed by atoms with Crippen LogP contribution in [0.1, 0.15) is 46.2 Å². The number of rotatable bonds is 3. The molecule has 0 spiro atoms. The lowest BCUT2D eigenvalue weighted by atomic mass is 10.0. The number of carbonyl (C=O) groups excluding carboxylic acids is 1. The first-order valence-electron chi connectivity index (χ1n) is 10.3. The fraction of sp³-hybridized carbons (Fsp3) is 0.292. The lowest BCUT2D eigenvalue weighted by molar-refractivity contribution is 0.0758. The number of benzene rings is 2. The van der Waals surface area contributed by atoms with Crippen LogP contribution in [0.5, 0.6) is 0 Å². The second-order valence-corrected chi connectivity index (χ2v) is 8.35. The van der Waals surface area contributed by atoms with Crippen molar-refractivity contribution in [2.75, 3.05) is 13.1 Å². The van der Waals surface area contributed by atoms with E-state index in [9.17, 15) is 9.18 Å². The van der Waals surface area contributed by atoms with E-state index < -0.39 is 5.82 Å². The highest BCUT2D eigenvalue weighted by Crippen LogP contribution is 2.40. The first kappa shape index (κ1) is 19.2. The predicted octanol–water partition coefficient (Wildman–Crippen LogP) is 5.05. The molecule has 0 saturated heterocycles. The fourth-order valence-electron chi connectivity index (χ4n) is 4.00. The van der Waals surface area contributed by atoms with E-state index in [2.05, 4.69) is 0 Å². The second kappa shape index (κ2) is 7.80. The quantitative estimate of drug-likeness (QED) is 0.594. The molecule has 4 nitrogen and oxygen atoms in total. The first-order valence-corrected chi connectivity index (χ1v) is 10.7. The summed E-state index contributed by atoms with van der Waals surface area (Å²) in [5.41, 5.74) is 4.13. The Morgan fingerprint density at radius 3 is 2.47 bits per heavy atom. The number of nitrogens with zero attached hydrogens (tertiary/aromatic N) is 3. The van der Waals surface area contributed by atoms with Crippen molar-refractivity contribution < 1.29 is 9.18 Å². The predicted molar refractivity (Wildman–Crippen MR) is 114 cm³/mol. The molecule has 0 bridgehead atoms. The molecule has 0 N–H and O–H groups in total. The maximum absolute atomic E-state index is 14.1. The highest BCUT2D eigenvalue weighted by atomic mass is 35.5. The molecule has 1 aliphatic heterocycles. The number of fused-ring (bicyclic) bond motifs is 1. The second-order valence-electron chi connectivity index (χ2n) is 7.91. The van der Waals surface area contributed by atoms with Crippen LogP contribution in [0, 0.1) is 5.82 Å². The summed E-state index contributed by atoms with van der Waals surface area (Å²) in [7, 11) is 0. The molecule has 0 unspecified atom stereocenters. The maximum Gasteiger partial charge on any atom is 0.256 e. The molecule has 2 aromatic carbocycles. The van der Waals surface area contributed by atoms with Gasteiger partial charge in [0.2, 0.25) is 0 Å². The fourth-order valence-corrected chi connectivity index (χ4v) is 4.12. The number of carbonyl (C=O) groups is 1. The molecule has 1 aromatic heterocycles. The number of aromatic nitrogens is 2. The summed E-state index contributed by atoms with van der Waals surface area (Å²) >= 11 is 6.08. The Balaban J connectivity index is 1.49. The highest BCUT2D eigenvalue weighted by Gasteiger charge is 2.30. The topological polar surface area (TPSA) is 46.1 Å². The number of halogens is 2. The van der Waals surface area contributed by atoms with E-state index in [0.29, 0.717) is 36.9 Å². The maximum atomic E-state index is 14.1. The van der Waals surface area contributed by atoms with Crippen LogP contribution in [0.3, 0.4) is 0 Å². The summed E-state index contributed by atoms with van der Waals surface area (Å²) in [6, 6.07) is 13.8. The molecular formula is C24H21ClFN3O. The van der Waals surface area contributed by atoms with Crippen molar-refractivity contribution in [1.82, 2.24) is 14.9 Å². The molecule has 2 heterocycles. The Hall–Kier alpha value is -2.79. The van der Waals surface area contributed by atoms with E-state index in [0.717, 1.165) is 41.2 Å². The van der Waals surface area contributed by atoms with Gasteiger partial charge in [0.05, 0.1) is 11.3 Å². The zero-order chi connectivity index (χ0) is 20.7. The lowest BCUT2D eigenvalue weighted by Gasteiger charge is -2.20. The van der Waals surface area contributed by atoms with Gasteiger partial charge in [0, 0.05) is 47.3 Å². The molecule has 1 aliphatic carbocycles. The summed E-state index contributed by atoms with van der Waals surface area (Å²) in [5, 5.41) is 0.683. The Bertz CT molecular complexity index is 1110. The molecule has 30 heavy (non-hydrogen) atoms. The van der Waals surface area contributed by atoms with Crippen molar-refractivity contribution in [3.05, 3.63) is 82.0 Å². The first-order chi connectivity index (χ1) is 14.6. The van der Waals surface area contributed by atoms with E-state index in [4.69, 9.17) is 21.6 Å². The molecule has 152 valence electrons. The van der Waals surface area contributed by atoms with Gasteiger partial charge in [-0.25, -0.2) is 14.4 Å². The standard InChI is InChI=1S/C24H21ClFN3O/c25-17-9-7-15(8-10-17)22-19-11-13-29(24(30)18-3-1-2-4-20(18)26)14-12-21(19)27-23(28-22)16-5-6-16/h1-4,7-10,16H,5-6,11-14H2. The highest BCUT2D eigenvalue weighted by molar-refractivity contribution is 6.30. The third-order valence-electron chi connectivity index (χ3n) is 5.81. The summed E-state index contributed by atoms with van der Waals surface area (Å²) in [5.74, 6) is 0.569. The SMILES string of the molecule is O=C(c1ccccc1F)N1CCc2nc(C3CC3)nc(-c3ccc(Cl)cc3)c2CC1. The molecule has 5 rings (SSSR count). The van der Waals surface area contributed by atoms with Crippen molar-refractivity contribution in [3.63, 3.8) is 0 Å². The van der Waals surface area contributed by atoms with E-state index in [1.165, 1.54) is 6.07 Å². The normalized spacial score (nSPS) is 16.1.